The zero-order valence-corrected chi connectivity index (χ0v) is 13.7. The highest BCUT2D eigenvalue weighted by Crippen LogP contribution is 2.25. The van der Waals surface area contributed by atoms with E-state index >= 15 is 0 Å². The molecule has 0 bridgehead atoms. The topological polar surface area (TPSA) is 64.0 Å². The first-order chi connectivity index (χ1) is 10.7. The van der Waals surface area contributed by atoms with Crippen molar-refractivity contribution >= 4 is 18.0 Å². The van der Waals surface area contributed by atoms with Gasteiger partial charge in [0.15, 0.2) is 6.29 Å². The Morgan fingerprint density at radius 3 is 2.57 bits per heavy atom. The summed E-state index contributed by atoms with van der Waals surface area (Å²) in [6.45, 7) is 7.47. The standard InChI is InChI=1S/C17H20FN3O2/c1-11-14(10-22)20-21(17(2,3)4)16(11)19-15(23)9-12-7-5-6-8-13(12)18/h5-8,10H,9H2,1-4H3,(H,19,23). The summed E-state index contributed by atoms with van der Waals surface area (Å²) < 4.78 is 15.3. The van der Waals surface area contributed by atoms with Crippen molar-refractivity contribution in [3.8, 4) is 0 Å². The maximum absolute atomic E-state index is 13.7. The number of aldehydes is 1. The number of hydrogen-bond acceptors (Lipinski definition) is 3. The zero-order valence-electron chi connectivity index (χ0n) is 13.7. The predicted octanol–water partition coefficient (Wildman–Crippen LogP) is 3.08. The lowest BCUT2D eigenvalue weighted by Crippen LogP contribution is -2.27. The molecule has 2 aromatic rings. The minimum Gasteiger partial charge on any atom is -0.310 e. The van der Waals surface area contributed by atoms with Gasteiger partial charge in [-0.1, -0.05) is 18.2 Å². The molecule has 1 N–H and O–H groups in total. The molecule has 0 aliphatic heterocycles. The molecule has 0 aliphatic rings. The number of nitrogens with one attached hydrogen (secondary N) is 1. The predicted molar refractivity (Wildman–Crippen MR) is 86.1 cm³/mol. The average molecular weight is 317 g/mol. The van der Waals surface area contributed by atoms with Crippen LogP contribution in [0.5, 0.6) is 0 Å². The molecule has 5 nitrogen and oxygen atoms in total. The molecule has 1 amide bonds. The molecule has 1 aromatic heterocycles. The highest BCUT2D eigenvalue weighted by Gasteiger charge is 2.24. The summed E-state index contributed by atoms with van der Waals surface area (Å²) in [7, 11) is 0. The number of nitrogens with zero attached hydrogens (tertiary/aromatic N) is 2. The van der Waals surface area contributed by atoms with E-state index in [9.17, 15) is 14.0 Å². The van der Waals surface area contributed by atoms with Gasteiger partial charge in [-0.25, -0.2) is 9.07 Å². The Labute approximate surface area is 134 Å². The summed E-state index contributed by atoms with van der Waals surface area (Å²) in [6.07, 6.45) is 0.571. The van der Waals surface area contributed by atoms with Crippen LogP contribution < -0.4 is 5.32 Å². The molecule has 23 heavy (non-hydrogen) atoms. The van der Waals surface area contributed by atoms with E-state index in [2.05, 4.69) is 10.4 Å². The molecule has 0 spiro atoms. The van der Waals surface area contributed by atoms with Gasteiger partial charge in [-0.15, -0.1) is 0 Å². The summed E-state index contributed by atoms with van der Waals surface area (Å²) >= 11 is 0. The number of benzene rings is 1. The molecule has 6 heteroatoms. The van der Waals surface area contributed by atoms with Gasteiger partial charge in [0.1, 0.15) is 17.3 Å². The van der Waals surface area contributed by atoms with Crippen LogP contribution in [0, 0.1) is 12.7 Å². The van der Waals surface area contributed by atoms with Gasteiger partial charge in [0.2, 0.25) is 5.91 Å². The van der Waals surface area contributed by atoms with Gasteiger partial charge >= 0.3 is 0 Å². The molecule has 0 fully saturated rings. The van der Waals surface area contributed by atoms with Crippen LogP contribution in [0.25, 0.3) is 0 Å². The summed E-state index contributed by atoms with van der Waals surface area (Å²) in [5, 5.41) is 6.99. The monoisotopic (exact) mass is 317 g/mol. The van der Waals surface area contributed by atoms with Gasteiger partial charge in [-0.05, 0) is 39.3 Å². The molecule has 1 aromatic carbocycles. The lowest BCUT2D eigenvalue weighted by molar-refractivity contribution is -0.115. The van der Waals surface area contributed by atoms with Crippen LogP contribution in [0.15, 0.2) is 24.3 Å². The third-order valence-corrected chi connectivity index (χ3v) is 3.47. The minimum absolute atomic E-state index is 0.0855. The van der Waals surface area contributed by atoms with Gasteiger partial charge in [0, 0.05) is 5.56 Å². The number of anilines is 1. The Bertz CT molecular complexity index is 745. The largest absolute Gasteiger partial charge is 0.310 e. The second kappa shape index (κ2) is 6.32. The van der Waals surface area contributed by atoms with Crippen LogP contribution in [-0.2, 0) is 16.8 Å². The molecular weight excluding hydrogens is 297 g/mol. The van der Waals surface area contributed by atoms with Crippen LogP contribution in [0.1, 0.15) is 42.4 Å². The van der Waals surface area contributed by atoms with E-state index in [4.69, 9.17) is 0 Å². The van der Waals surface area contributed by atoms with Crippen LogP contribution in [-0.4, -0.2) is 22.0 Å². The SMILES string of the molecule is Cc1c(C=O)nn(C(C)(C)C)c1NC(=O)Cc1ccccc1F. The van der Waals surface area contributed by atoms with Crippen molar-refractivity contribution in [1.29, 1.82) is 0 Å². The van der Waals surface area contributed by atoms with Crippen LogP contribution in [0.2, 0.25) is 0 Å². The normalized spacial score (nSPS) is 11.3. The number of carbonyl (C=O) groups excluding carboxylic acids is 2. The van der Waals surface area contributed by atoms with Crippen molar-refractivity contribution in [3.63, 3.8) is 0 Å². The summed E-state index contributed by atoms with van der Waals surface area (Å²) in [5.74, 6) is -0.320. The molecule has 0 saturated heterocycles. The number of halogens is 1. The van der Waals surface area contributed by atoms with Crippen molar-refractivity contribution in [2.24, 2.45) is 0 Å². The molecule has 0 atom stereocenters. The van der Waals surface area contributed by atoms with Crippen LogP contribution in [0.4, 0.5) is 10.2 Å². The van der Waals surface area contributed by atoms with Gasteiger partial charge < -0.3 is 5.32 Å². The molecule has 0 saturated carbocycles. The van der Waals surface area contributed by atoms with E-state index in [1.54, 1.807) is 29.8 Å². The first-order valence-electron chi connectivity index (χ1n) is 7.32. The third kappa shape index (κ3) is 3.64. The van der Waals surface area contributed by atoms with Crippen molar-refractivity contribution in [2.75, 3.05) is 5.32 Å². The Morgan fingerprint density at radius 2 is 2.00 bits per heavy atom. The minimum atomic E-state index is -0.419. The Morgan fingerprint density at radius 1 is 1.35 bits per heavy atom. The van der Waals surface area contributed by atoms with E-state index in [0.29, 0.717) is 23.2 Å². The molecule has 122 valence electrons. The first-order valence-corrected chi connectivity index (χ1v) is 7.32. The third-order valence-electron chi connectivity index (χ3n) is 3.47. The van der Waals surface area contributed by atoms with Crippen molar-refractivity contribution in [2.45, 2.75) is 39.7 Å². The number of rotatable bonds is 4. The zero-order chi connectivity index (χ0) is 17.2. The molecule has 1 heterocycles. The second-order valence-corrected chi connectivity index (χ2v) is 6.38. The molecule has 0 aliphatic carbocycles. The summed E-state index contributed by atoms with van der Waals surface area (Å²) in [6, 6.07) is 6.14. The molecule has 2 rings (SSSR count). The van der Waals surface area contributed by atoms with Gasteiger partial charge in [-0.3, -0.25) is 9.59 Å². The maximum Gasteiger partial charge on any atom is 0.230 e. The van der Waals surface area contributed by atoms with Crippen molar-refractivity contribution in [3.05, 3.63) is 46.9 Å². The van der Waals surface area contributed by atoms with E-state index in [-0.39, 0.29) is 18.0 Å². The van der Waals surface area contributed by atoms with E-state index in [1.165, 1.54) is 6.07 Å². The average Bonchev–Trinajstić information content (AvgIpc) is 2.78. The van der Waals surface area contributed by atoms with E-state index in [1.807, 2.05) is 20.8 Å². The lowest BCUT2D eigenvalue weighted by Gasteiger charge is -2.22. The lowest BCUT2D eigenvalue weighted by atomic mass is 10.1. The number of hydrogen-bond donors (Lipinski definition) is 1. The Hall–Kier alpha value is -2.50. The highest BCUT2D eigenvalue weighted by molar-refractivity contribution is 5.93. The van der Waals surface area contributed by atoms with Crippen LogP contribution in [0.3, 0.4) is 0 Å². The van der Waals surface area contributed by atoms with Crippen molar-refractivity contribution < 1.29 is 14.0 Å². The van der Waals surface area contributed by atoms with Crippen LogP contribution >= 0.6 is 0 Å². The fourth-order valence-corrected chi connectivity index (χ4v) is 2.25. The summed E-state index contributed by atoms with van der Waals surface area (Å²) in [5.41, 5.74) is 0.783. The van der Waals surface area contributed by atoms with Gasteiger partial charge in [0.25, 0.3) is 0 Å². The maximum atomic E-state index is 13.7. The second-order valence-electron chi connectivity index (χ2n) is 6.38. The van der Waals surface area contributed by atoms with E-state index in [0.717, 1.165) is 0 Å². The number of aromatic nitrogens is 2. The Balaban J connectivity index is 2.29. The van der Waals surface area contributed by atoms with E-state index < -0.39 is 11.4 Å². The van der Waals surface area contributed by atoms with Gasteiger partial charge in [-0.2, -0.15) is 5.10 Å². The smallest absolute Gasteiger partial charge is 0.230 e. The molecule has 0 radical (unpaired) electrons. The number of amides is 1. The fraction of sp³-hybridized carbons (Fsp3) is 0.353. The Kier molecular flexibility index (Phi) is 4.63. The fourth-order valence-electron chi connectivity index (χ4n) is 2.25. The number of carbonyl (C=O) groups is 2. The highest BCUT2D eigenvalue weighted by atomic mass is 19.1. The van der Waals surface area contributed by atoms with Crippen molar-refractivity contribution in [1.82, 2.24) is 9.78 Å². The quantitative estimate of drug-likeness (QED) is 0.881. The summed E-state index contributed by atoms with van der Waals surface area (Å²) in [4.78, 5) is 23.4. The van der Waals surface area contributed by atoms with Gasteiger partial charge in [0.05, 0.1) is 12.0 Å². The molecule has 0 unspecified atom stereocenters. The molecular formula is C17H20FN3O2. The first kappa shape index (κ1) is 16.9.